The molecule has 0 bridgehead atoms. The van der Waals surface area contributed by atoms with Crippen LogP contribution in [0.3, 0.4) is 0 Å². The van der Waals surface area contributed by atoms with E-state index in [0.717, 1.165) is 4.90 Å². The summed E-state index contributed by atoms with van der Waals surface area (Å²) in [5, 5.41) is 2.83. The number of amides is 3. The second-order valence-electron chi connectivity index (χ2n) is 6.51. The van der Waals surface area contributed by atoms with E-state index in [2.05, 4.69) is 10.1 Å². The van der Waals surface area contributed by atoms with Gasteiger partial charge >= 0.3 is 5.97 Å². The molecular weight excluding hydrogens is 412 g/mol. The number of esters is 1. The van der Waals surface area contributed by atoms with Crippen LogP contribution in [-0.4, -0.2) is 56.0 Å². The molecule has 30 heavy (non-hydrogen) atoms. The number of hydrogen-bond acceptors (Lipinski definition) is 6. The molecule has 1 aliphatic heterocycles. The molecule has 0 fully saturated rings. The highest BCUT2D eigenvalue weighted by molar-refractivity contribution is 6.33. The zero-order valence-electron chi connectivity index (χ0n) is 16.4. The lowest BCUT2D eigenvalue weighted by Gasteiger charge is -2.12. The Morgan fingerprint density at radius 3 is 2.47 bits per heavy atom. The minimum atomic E-state index is -0.633. The van der Waals surface area contributed by atoms with Gasteiger partial charge in [-0.2, -0.15) is 0 Å². The molecule has 0 aliphatic carbocycles. The number of nitrogens with zero attached hydrogens (tertiary/aromatic N) is 1. The van der Waals surface area contributed by atoms with E-state index in [1.165, 1.54) is 43.5 Å². The Bertz CT molecular complexity index is 1040. The maximum Gasteiger partial charge on any atom is 0.339 e. The number of nitrogens with one attached hydrogen (secondary N) is 1. The van der Waals surface area contributed by atoms with Gasteiger partial charge in [-0.05, 0) is 42.8 Å². The van der Waals surface area contributed by atoms with E-state index in [9.17, 15) is 19.2 Å². The summed E-state index contributed by atoms with van der Waals surface area (Å²) < 4.78 is 9.62. The molecule has 1 aliphatic rings. The first-order valence-electron chi connectivity index (χ1n) is 9.05. The molecule has 0 saturated carbocycles. The van der Waals surface area contributed by atoms with Crippen molar-refractivity contribution in [1.82, 2.24) is 4.90 Å². The lowest BCUT2D eigenvalue weighted by atomic mass is 10.1. The van der Waals surface area contributed by atoms with E-state index >= 15 is 0 Å². The predicted octanol–water partition coefficient (Wildman–Crippen LogP) is 3.01. The standard InChI is InChI=1S/C21H19ClN2O6/c1-29-9-3-8-24-19(26)14-6-4-12(10-15(14)20(24)27)18(25)23-13-5-7-17(22)16(11-13)21(28)30-2/h4-7,10-11H,3,8-9H2,1-2H3,(H,23,25). The van der Waals surface area contributed by atoms with Gasteiger partial charge in [0.2, 0.25) is 0 Å². The molecule has 0 saturated heterocycles. The molecule has 3 amide bonds. The van der Waals surface area contributed by atoms with Crippen molar-refractivity contribution in [2.24, 2.45) is 0 Å². The Kier molecular flexibility index (Phi) is 6.49. The Morgan fingerprint density at radius 2 is 1.77 bits per heavy atom. The normalized spacial score (nSPS) is 12.7. The number of fused-ring (bicyclic) bond motifs is 1. The summed E-state index contributed by atoms with van der Waals surface area (Å²) >= 11 is 5.98. The zero-order chi connectivity index (χ0) is 21.8. The number of rotatable bonds is 7. The van der Waals surface area contributed by atoms with Crippen LogP contribution in [0.2, 0.25) is 5.02 Å². The van der Waals surface area contributed by atoms with Gasteiger partial charge < -0.3 is 14.8 Å². The fourth-order valence-electron chi connectivity index (χ4n) is 3.07. The first-order valence-corrected chi connectivity index (χ1v) is 9.43. The maximum atomic E-state index is 12.6. The molecule has 9 heteroatoms. The minimum absolute atomic E-state index is 0.110. The van der Waals surface area contributed by atoms with Crippen LogP contribution in [-0.2, 0) is 9.47 Å². The summed E-state index contributed by atoms with van der Waals surface area (Å²) in [7, 11) is 2.77. The van der Waals surface area contributed by atoms with Crippen molar-refractivity contribution in [3.05, 3.63) is 63.7 Å². The number of hydrogen-bond donors (Lipinski definition) is 1. The third-order valence-corrected chi connectivity index (χ3v) is 4.92. The van der Waals surface area contributed by atoms with Gasteiger partial charge in [0.05, 0.1) is 28.8 Å². The summed E-state index contributed by atoms with van der Waals surface area (Å²) in [6.45, 7) is 0.665. The number of imide groups is 1. The van der Waals surface area contributed by atoms with Crippen LogP contribution in [0.5, 0.6) is 0 Å². The van der Waals surface area contributed by atoms with E-state index < -0.39 is 23.7 Å². The number of carbonyl (C=O) groups excluding carboxylic acids is 4. The van der Waals surface area contributed by atoms with Gasteiger partial charge in [0, 0.05) is 31.5 Å². The maximum absolute atomic E-state index is 12.6. The average molecular weight is 431 g/mol. The van der Waals surface area contributed by atoms with Crippen molar-refractivity contribution >= 4 is 41.0 Å². The van der Waals surface area contributed by atoms with Crippen molar-refractivity contribution < 1.29 is 28.7 Å². The smallest absolute Gasteiger partial charge is 0.339 e. The van der Waals surface area contributed by atoms with Gasteiger partial charge in [0.15, 0.2) is 0 Å². The SMILES string of the molecule is COCCCN1C(=O)c2ccc(C(=O)Nc3ccc(Cl)c(C(=O)OC)c3)cc2C1=O. The van der Waals surface area contributed by atoms with Crippen LogP contribution >= 0.6 is 11.6 Å². The quantitative estimate of drug-likeness (QED) is 0.411. The number of anilines is 1. The van der Waals surface area contributed by atoms with Crippen molar-refractivity contribution in [2.45, 2.75) is 6.42 Å². The zero-order valence-corrected chi connectivity index (χ0v) is 17.1. The molecular formula is C21H19ClN2O6. The summed E-state index contributed by atoms with van der Waals surface area (Å²) in [6, 6.07) is 8.71. The number of benzene rings is 2. The Balaban J connectivity index is 1.79. The summed E-state index contributed by atoms with van der Waals surface area (Å²) in [5.74, 6) is -1.97. The van der Waals surface area contributed by atoms with Gasteiger partial charge in [0.25, 0.3) is 17.7 Å². The molecule has 2 aromatic rings. The average Bonchev–Trinajstić information content (AvgIpc) is 2.99. The first kappa shape index (κ1) is 21.5. The van der Waals surface area contributed by atoms with Crippen LogP contribution in [0.4, 0.5) is 5.69 Å². The molecule has 3 rings (SSSR count). The third kappa shape index (κ3) is 4.19. The van der Waals surface area contributed by atoms with Crippen LogP contribution in [0.25, 0.3) is 0 Å². The molecule has 2 aromatic carbocycles. The number of methoxy groups -OCH3 is 2. The number of halogens is 1. The molecule has 156 valence electrons. The molecule has 0 radical (unpaired) electrons. The van der Waals surface area contributed by atoms with Crippen molar-refractivity contribution in [1.29, 1.82) is 0 Å². The molecule has 8 nitrogen and oxygen atoms in total. The molecule has 0 unspecified atom stereocenters. The third-order valence-electron chi connectivity index (χ3n) is 4.59. The molecule has 1 N–H and O–H groups in total. The lowest BCUT2D eigenvalue weighted by Crippen LogP contribution is -2.31. The summed E-state index contributed by atoms with van der Waals surface area (Å²) in [5.41, 5.74) is 1.07. The number of ether oxygens (including phenoxy) is 2. The van der Waals surface area contributed by atoms with Crippen LogP contribution < -0.4 is 5.32 Å². The molecule has 0 aromatic heterocycles. The molecule has 0 atom stereocenters. The lowest BCUT2D eigenvalue weighted by molar-refractivity contribution is 0.0597. The van der Waals surface area contributed by atoms with E-state index in [1.807, 2.05) is 0 Å². The van der Waals surface area contributed by atoms with E-state index in [-0.39, 0.29) is 33.8 Å². The Labute approximate surface area is 177 Å². The molecule has 1 heterocycles. The van der Waals surface area contributed by atoms with E-state index in [4.69, 9.17) is 16.3 Å². The minimum Gasteiger partial charge on any atom is -0.465 e. The second-order valence-corrected chi connectivity index (χ2v) is 6.92. The Morgan fingerprint density at radius 1 is 1.03 bits per heavy atom. The van der Waals surface area contributed by atoms with Crippen LogP contribution in [0, 0.1) is 0 Å². The predicted molar refractivity (Wildman–Crippen MR) is 109 cm³/mol. The highest BCUT2D eigenvalue weighted by Crippen LogP contribution is 2.26. The van der Waals surface area contributed by atoms with Gasteiger partial charge in [-0.3, -0.25) is 19.3 Å². The van der Waals surface area contributed by atoms with E-state index in [1.54, 1.807) is 7.11 Å². The summed E-state index contributed by atoms with van der Waals surface area (Å²) in [4.78, 5) is 50.6. The van der Waals surface area contributed by atoms with Crippen molar-refractivity contribution in [3.63, 3.8) is 0 Å². The van der Waals surface area contributed by atoms with Crippen LogP contribution in [0.1, 0.15) is 47.9 Å². The topological polar surface area (TPSA) is 102 Å². The fourth-order valence-corrected chi connectivity index (χ4v) is 3.27. The van der Waals surface area contributed by atoms with Gasteiger partial charge in [-0.25, -0.2) is 4.79 Å². The van der Waals surface area contributed by atoms with Crippen molar-refractivity contribution in [3.8, 4) is 0 Å². The van der Waals surface area contributed by atoms with Gasteiger partial charge in [0.1, 0.15) is 0 Å². The first-order chi connectivity index (χ1) is 14.4. The van der Waals surface area contributed by atoms with Crippen molar-refractivity contribution in [2.75, 3.05) is 32.7 Å². The largest absolute Gasteiger partial charge is 0.465 e. The Hall–Kier alpha value is -3.23. The van der Waals surface area contributed by atoms with Gasteiger partial charge in [-0.15, -0.1) is 0 Å². The van der Waals surface area contributed by atoms with Crippen LogP contribution in [0.15, 0.2) is 36.4 Å². The van der Waals surface area contributed by atoms with E-state index in [0.29, 0.717) is 18.7 Å². The van der Waals surface area contributed by atoms with Gasteiger partial charge in [-0.1, -0.05) is 11.6 Å². The highest BCUT2D eigenvalue weighted by atomic mass is 35.5. The monoisotopic (exact) mass is 430 g/mol. The fraction of sp³-hybridized carbons (Fsp3) is 0.238. The highest BCUT2D eigenvalue weighted by Gasteiger charge is 2.35. The number of carbonyl (C=O) groups is 4. The molecule has 0 spiro atoms. The second kappa shape index (κ2) is 9.06. The summed E-state index contributed by atoms with van der Waals surface area (Å²) in [6.07, 6.45) is 0.522.